The molecule has 8 heteroatoms. The molecule has 0 spiro atoms. The standard InChI is InChI=1S/C16H23ClN4O2S/c1-12-15(16(17)21(4)19-12)24(22,23)18-11-5-6-13-7-9-14(10-8-13)20(2)3/h7-10,18H,5-6,11H2,1-4H3. The van der Waals surface area contributed by atoms with E-state index in [0.29, 0.717) is 18.7 Å². The summed E-state index contributed by atoms with van der Waals surface area (Å²) in [5.74, 6) is 0. The zero-order chi connectivity index (χ0) is 17.9. The predicted octanol–water partition coefficient (Wildman–Crippen LogP) is 2.36. The van der Waals surface area contributed by atoms with Crippen LogP contribution in [0, 0.1) is 6.92 Å². The molecule has 1 aromatic heterocycles. The third-order valence-electron chi connectivity index (χ3n) is 3.76. The Kier molecular flexibility index (Phi) is 5.90. The van der Waals surface area contributed by atoms with Crippen LogP contribution < -0.4 is 9.62 Å². The van der Waals surface area contributed by atoms with Gasteiger partial charge in [0.25, 0.3) is 0 Å². The maximum absolute atomic E-state index is 12.4. The summed E-state index contributed by atoms with van der Waals surface area (Å²) in [6.07, 6.45) is 1.51. The first-order valence-corrected chi connectivity index (χ1v) is 9.53. The maximum Gasteiger partial charge on any atom is 0.245 e. The zero-order valence-electron chi connectivity index (χ0n) is 14.4. The average Bonchev–Trinajstić information content (AvgIpc) is 2.77. The van der Waals surface area contributed by atoms with Crippen molar-refractivity contribution in [3.63, 3.8) is 0 Å². The van der Waals surface area contributed by atoms with E-state index in [0.717, 1.165) is 12.1 Å². The first-order chi connectivity index (χ1) is 11.2. The molecule has 0 atom stereocenters. The van der Waals surface area contributed by atoms with Crippen molar-refractivity contribution in [1.29, 1.82) is 0 Å². The number of sulfonamides is 1. The van der Waals surface area contributed by atoms with Crippen LogP contribution in [0.4, 0.5) is 5.69 Å². The van der Waals surface area contributed by atoms with Gasteiger partial charge in [-0.05, 0) is 37.5 Å². The van der Waals surface area contributed by atoms with E-state index < -0.39 is 10.0 Å². The maximum atomic E-state index is 12.4. The molecular weight excluding hydrogens is 348 g/mol. The van der Waals surface area contributed by atoms with E-state index >= 15 is 0 Å². The normalized spacial score (nSPS) is 11.7. The molecule has 0 amide bonds. The molecule has 0 unspecified atom stereocenters. The highest BCUT2D eigenvalue weighted by Crippen LogP contribution is 2.23. The van der Waals surface area contributed by atoms with Crippen molar-refractivity contribution in [2.45, 2.75) is 24.7 Å². The zero-order valence-corrected chi connectivity index (χ0v) is 15.9. The van der Waals surface area contributed by atoms with Gasteiger partial charge in [0.15, 0.2) is 0 Å². The highest BCUT2D eigenvalue weighted by Gasteiger charge is 2.24. The number of benzene rings is 1. The molecule has 0 bridgehead atoms. The van der Waals surface area contributed by atoms with Crippen LogP contribution >= 0.6 is 11.6 Å². The van der Waals surface area contributed by atoms with E-state index in [9.17, 15) is 8.42 Å². The molecule has 0 aliphatic heterocycles. The number of nitrogens with zero attached hydrogens (tertiary/aromatic N) is 3. The lowest BCUT2D eigenvalue weighted by Gasteiger charge is -2.12. The largest absolute Gasteiger partial charge is 0.378 e. The van der Waals surface area contributed by atoms with Crippen LogP contribution in [-0.4, -0.2) is 38.8 Å². The molecule has 1 aromatic carbocycles. The Bertz CT molecular complexity index is 798. The Balaban J connectivity index is 1.91. The molecule has 0 saturated carbocycles. The summed E-state index contributed by atoms with van der Waals surface area (Å²) in [7, 11) is 1.96. The summed E-state index contributed by atoms with van der Waals surface area (Å²) in [4.78, 5) is 2.10. The lowest BCUT2D eigenvalue weighted by atomic mass is 10.1. The lowest BCUT2D eigenvalue weighted by molar-refractivity contribution is 0.578. The van der Waals surface area contributed by atoms with Crippen LogP contribution in [0.15, 0.2) is 29.2 Å². The van der Waals surface area contributed by atoms with Crippen LogP contribution in [0.25, 0.3) is 0 Å². The van der Waals surface area contributed by atoms with E-state index in [1.165, 1.54) is 10.2 Å². The number of nitrogens with one attached hydrogen (secondary N) is 1. The monoisotopic (exact) mass is 370 g/mol. The van der Waals surface area contributed by atoms with Crippen LogP contribution in [-0.2, 0) is 23.5 Å². The fraction of sp³-hybridized carbons (Fsp3) is 0.438. The van der Waals surface area contributed by atoms with Gasteiger partial charge < -0.3 is 4.90 Å². The smallest absolute Gasteiger partial charge is 0.245 e. The summed E-state index contributed by atoms with van der Waals surface area (Å²) in [6, 6.07) is 8.23. The second-order valence-electron chi connectivity index (χ2n) is 5.89. The summed E-state index contributed by atoms with van der Waals surface area (Å²) in [5, 5.41) is 4.16. The Morgan fingerprint density at radius 2 is 1.88 bits per heavy atom. The molecule has 2 aromatic rings. The second kappa shape index (κ2) is 7.55. The van der Waals surface area contributed by atoms with Crippen molar-refractivity contribution in [3.8, 4) is 0 Å². The van der Waals surface area contributed by atoms with Gasteiger partial charge in [-0.3, -0.25) is 4.68 Å². The number of hydrogen-bond acceptors (Lipinski definition) is 4. The summed E-state index contributed by atoms with van der Waals surface area (Å²) in [5.41, 5.74) is 2.71. The summed E-state index contributed by atoms with van der Waals surface area (Å²) in [6.45, 7) is 1.98. The van der Waals surface area contributed by atoms with Crippen molar-refractivity contribution in [3.05, 3.63) is 40.7 Å². The van der Waals surface area contributed by atoms with E-state index in [-0.39, 0.29) is 10.0 Å². The molecule has 0 saturated heterocycles. The van der Waals surface area contributed by atoms with Gasteiger partial charge in [0, 0.05) is 33.4 Å². The van der Waals surface area contributed by atoms with Gasteiger partial charge in [-0.25, -0.2) is 13.1 Å². The fourth-order valence-corrected chi connectivity index (χ4v) is 4.27. The van der Waals surface area contributed by atoms with Crippen molar-refractivity contribution in [2.75, 3.05) is 25.5 Å². The molecule has 24 heavy (non-hydrogen) atoms. The van der Waals surface area contributed by atoms with Gasteiger partial charge in [-0.1, -0.05) is 23.7 Å². The fourth-order valence-electron chi connectivity index (χ4n) is 2.45. The molecular formula is C16H23ClN4O2S. The van der Waals surface area contributed by atoms with E-state index in [1.807, 2.05) is 19.0 Å². The first kappa shape index (κ1) is 18.8. The van der Waals surface area contributed by atoms with E-state index in [1.54, 1.807) is 14.0 Å². The molecule has 0 fully saturated rings. The number of hydrogen-bond donors (Lipinski definition) is 1. The number of halogens is 1. The summed E-state index contributed by atoms with van der Waals surface area (Å²) >= 11 is 6.02. The molecule has 0 aliphatic rings. The van der Waals surface area contributed by atoms with Crippen LogP contribution in [0.1, 0.15) is 17.7 Å². The SMILES string of the molecule is Cc1nn(C)c(Cl)c1S(=O)(=O)NCCCc1ccc(N(C)C)cc1. The van der Waals surface area contributed by atoms with Gasteiger partial charge in [0.2, 0.25) is 10.0 Å². The first-order valence-electron chi connectivity index (χ1n) is 7.67. The lowest BCUT2D eigenvalue weighted by Crippen LogP contribution is -2.25. The molecule has 1 N–H and O–H groups in total. The highest BCUT2D eigenvalue weighted by molar-refractivity contribution is 7.89. The van der Waals surface area contributed by atoms with Crippen molar-refractivity contribution >= 4 is 27.3 Å². The minimum atomic E-state index is -3.65. The second-order valence-corrected chi connectivity index (χ2v) is 7.95. The molecule has 6 nitrogen and oxygen atoms in total. The molecule has 1 heterocycles. The third-order valence-corrected chi connectivity index (χ3v) is 5.91. The molecule has 2 rings (SSSR count). The number of aromatic nitrogens is 2. The Hall–Kier alpha value is -1.57. The Labute approximate surface area is 148 Å². The van der Waals surface area contributed by atoms with Gasteiger partial charge in [-0.2, -0.15) is 5.10 Å². The van der Waals surface area contributed by atoms with Gasteiger partial charge in [-0.15, -0.1) is 0 Å². The van der Waals surface area contributed by atoms with Crippen LogP contribution in [0.3, 0.4) is 0 Å². The molecule has 132 valence electrons. The number of aryl methyl sites for hydroxylation is 3. The third kappa shape index (κ3) is 4.28. The number of anilines is 1. The van der Waals surface area contributed by atoms with Crippen molar-refractivity contribution in [1.82, 2.24) is 14.5 Å². The Morgan fingerprint density at radius 3 is 2.38 bits per heavy atom. The topological polar surface area (TPSA) is 67.2 Å². The van der Waals surface area contributed by atoms with Crippen LogP contribution in [0.2, 0.25) is 5.15 Å². The van der Waals surface area contributed by atoms with E-state index in [4.69, 9.17) is 11.6 Å². The van der Waals surface area contributed by atoms with E-state index in [2.05, 4.69) is 34.1 Å². The minimum absolute atomic E-state index is 0.0574. The predicted molar refractivity (Wildman–Crippen MR) is 97.2 cm³/mol. The van der Waals surface area contributed by atoms with Crippen molar-refractivity contribution < 1.29 is 8.42 Å². The average molecular weight is 371 g/mol. The quantitative estimate of drug-likeness (QED) is 0.760. The molecule has 0 radical (unpaired) electrons. The number of rotatable bonds is 7. The van der Waals surface area contributed by atoms with Crippen molar-refractivity contribution in [2.24, 2.45) is 7.05 Å². The minimum Gasteiger partial charge on any atom is -0.378 e. The highest BCUT2D eigenvalue weighted by atomic mass is 35.5. The Morgan fingerprint density at radius 1 is 1.25 bits per heavy atom. The summed E-state index contributed by atoms with van der Waals surface area (Å²) < 4.78 is 28.7. The van der Waals surface area contributed by atoms with Gasteiger partial charge in [0.1, 0.15) is 10.0 Å². The van der Waals surface area contributed by atoms with Crippen LogP contribution in [0.5, 0.6) is 0 Å². The van der Waals surface area contributed by atoms with Gasteiger partial charge >= 0.3 is 0 Å². The van der Waals surface area contributed by atoms with Gasteiger partial charge in [0.05, 0.1) is 5.69 Å². The molecule has 0 aliphatic carbocycles.